The lowest BCUT2D eigenvalue weighted by atomic mass is 9.99. The van der Waals surface area contributed by atoms with Gasteiger partial charge in [0.25, 0.3) is 5.56 Å². The molecular weight excluding hydrogens is 380 g/mol. The summed E-state index contributed by atoms with van der Waals surface area (Å²) in [4.78, 5) is 19.3. The normalized spacial score (nSPS) is 11.3. The first-order valence-corrected chi connectivity index (χ1v) is 10.5. The van der Waals surface area contributed by atoms with Gasteiger partial charge >= 0.3 is 0 Å². The third kappa shape index (κ3) is 3.63. The van der Waals surface area contributed by atoms with Crippen molar-refractivity contribution in [1.29, 1.82) is 0 Å². The topological polar surface area (TPSA) is 44.1 Å². The fourth-order valence-corrected chi connectivity index (χ4v) is 4.66. The number of ether oxygens (including phenoxy) is 1. The summed E-state index contributed by atoms with van der Waals surface area (Å²) in [7, 11) is 1.65. The second-order valence-electron chi connectivity index (χ2n) is 7.40. The van der Waals surface area contributed by atoms with Gasteiger partial charge in [-0.1, -0.05) is 47.5 Å². The van der Waals surface area contributed by atoms with Gasteiger partial charge in [-0.15, -0.1) is 11.3 Å². The monoisotopic (exact) mass is 404 g/mol. The van der Waals surface area contributed by atoms with Crippen LogP contribution in [0, 0.1) is 20.8 Å². The van der Waals surface area contributed by atoms with Gasteiger partial charge in [0.2, 0.25) is 0 Å². The lowest BCUT2D eigenvalue weighted by molar-refractivity contribution is 0.186. The summed E-state index contributed by atoms with van der Waals surface area (Å²) in [5, 5.41) is 2.74. The lowest BCUT2D eigenvalue weighted by Crippen LogP contribution is -2.25. The fraction of sp³-hybridized carbons (Fsp3) is 0.250. The fourth-order valence-electron chi connectivity index (χ4n) is 3.73. The minimum absolute atomic E-state index is 0.0141. The van der Waals surface area contributed by atoms with E-state index in [1.165, 1.54) is 16.9 Å². The minimum atomic E-state index is -0.0141. The van der Waals surface area contributed by atoms with E-state index < -0.39 is 0 Å². The average Bonchev–Trinajstić information content (AvgIpc) is 3.11. The average molecular weight is 405 g/mol. The molecule has 0 saturated carbocycles. The van der Waals surface area contributed by atoms with E-state index >= 15 is 0 Å². The number of fused-ring (bicyclic) bond motifs is 1. The smallest absolute Gasteiger partial charge is 0.263 e. The maximum Gasteiger partial charge on any atom is 0.263 e. The van der Waals surface area contributed by atoms with Crippen molar-refractivity contribution in [2.24, 2.45) is 0 Å². The van der Waals surface area contributed by atoms with E-state index in [1.54, 1.807) is 11.7 Å². The molecule has 4 nitrogen and oxygen atoms in total. The highest BCUT2D eigenvalue weighted by Gasteiger charge is 2.19. The summed E-state index contributed by atoms with van der Waals surface area (Å²) in [6.07, 6.45) is 0. The maximum absolute atomic E-state index is 13.6. The van der Waals surface area contributed by atoms with Crippen molar-refractivity contribution in [3.8, 4) is 22.5 Å². The van der Waals surface area contributed by atoms with Crippen molar-refractivity contribution in [2.45, 2.75) is 27.3 Å². The summed E-state index contributed by atoms with van der Waals surface area (Å²) in [6.45, 7) is 7.13. The van der Waals surface area contributed by atoms with E-state index in [0.29, 0.717) is 24.4 Å². The second kappa shape index (κ2) is 7.93. The quantitative estimate of drug-likeness (QED) is 0.449. The predicted molar refractivity (Wildman–Crippen MR) is 121 cm³/mol. The molecule has 0 atom stereocenters. The van der Waals surface area contributed by atoms with Crippen molar-refractivity contribution in [3.63, 3.8) is 0 Å². The molecule has 0 aliphatic rings. The molecule has 4 aromatic rings. The van der Waals surface area contributed by atoms with Gasteiger partial charge in [0.05, 0.1) is 18.5 Å². The molecule has 0 saturated heterocycles. The molecule has 0 aliphatic carbocycles. The molecule has 0 spiro atoms. The Hall–Kier alpha value is -2.76. The Morgan fingerprint density at radius 2 is 1.83 bits per heavy atom. The molecule has 2 aromatic carbocycles. The largest absolute Gasteiger partial charge is 0.383 e. The lowest BCUT2D eigenvalue weighted by Gasteiger charge is -2.13. The highest BCUT2D eigenvalue weighted by Crippen LogP contribution is 2.34. The van der Waals surface area contributed by atoms with Crippen LogP contribution in [0.3, 0.4) is 0 Å². The summed E-state index contributed by atoms with van der Waals surface area (Å²) in [5.41, 5.74) is 6.49. The zero-order valence-electron chi connectivity index (χ0n) is 17.2. The number of hydrogen-bond donors (Lipinski definition) is 0. The van der Waals surface area contributed by atoms with E-state index in [1.807, 2.05) is 25.1 Å². The first-order chi connectivity index (χ1) is 14.0. The van der Waals surface area contributed by atoms with Gasteiger partial charge in [-0.25, -0.2) is 4.98 Å². The van der Waals surface area contributed by atoms with Crippen LogP contribution in [0.25, 0.3) is 32.7 Å². The number of hydrogen-bond acceptors (Lipinski definition) is 4. The third-order valence-corrected chi connectivity index (χ3v) is 6.03. The third-order valence-electron chi connectivity index (χ3n) is 5.16. The number of methoxy groups -OCH3 is 1. The Kier molecular flexibility index (Phi) is 5.35. The molecule has 5 heteroatoms. The van der Waals surface area contributed by atoms with Crippen LogP contribution in [-0.4, -0.2) is 23.3 Å². The molecule has 0 radical (unpaired) electrons. The molecule has 0 amide bonds. The van der Waals surface area contributed by atoms with Crippen molar-refractivity contribution < 1.29 is 4.74 Å². The predicted octanol–water partition coefficient (Wildman–Crippen LogP) is 5.36. The van der Waals surface area contributed by atoms with Crippen LogP contribution in [0.1, 0.15) is 16.7 Å². The number of aryl methyl sites for hydroxylation is 3. The number of thiophene rings is 1. The van der Waals surface area contributed by atoms with Crippen molar-refractivity contribution >= 4 is 21.6 Å². The van der Waals surface area contributed by atoms with Crippen LogP contribution in [0.5, 0.6) is 0 Å². The van der Waals surface area contributed by atoms with Crippen LogP contribution in [-0.2, 0) is 11.3 Å². The van der Waals surface area contributed by atoms with E-state index in [4.69, 9.17) is 9.72 Å². The van der Waals surface area contributed by atoms with Crippen LogP contribution >= 0.6 is 11.3 Å². The highest BCUT2D eigenvalue weighted by molar-refractivity contribution is 7.17. The summed E-state index contributed by atoms with van der Waals surface area (Å²) >= 11 is 1.53. The molecule has 4 rings (SSSR count). The Morgan fingerprint density at radius 1 is 1.03 bits per heavy atom. The highest BCUT2D eigenvalue weighted by atomic mass is 32.1. The summed E-state index contributed by atoms with van der Waals surface area (Å²) in [6, 6.07) is 14.4. The van der Waals surface area contributed by atoms with E-state index in [-0.39, 0.29) is 5.56 Å². The maximum atomic E-state index is 13.6. The zero-order valence-corrected chi connectivity index (χ0v) is 18.0. The molecule has 0 unspecified atom stereocenters. The molecule has 29 heavy (non-hydrogen) atoms. The minimum Gasteiger partial charge on any atom is -0.383 e. The van der Waals surface area contributed by atoms with Crippen LogP contribution in [0.4, 0.5) is 0 Å². The van der Waals surface area contributed by atoms with Gasteiger partial charge in [-0.2, -0.15) is 0 Å². The van der Waals surface area contributed by atoms with Crippen LogP contribution < -0.4 is 5.56 Å². The van der Waals surface area contributed by atoms with E-state index in [2.05, 4.69) is 43.5 Å². The van der Waals surface area contributed by atoms with Crippen LogP contribution in [0.2, 0.25) is 0 Å². The molecular formula is C24H24N2O2S. The van der Waals surface area contributed by atoms with Crippen molar-refractivity contribution in [1.82, 2.24) is 9.55 Å². The molecule has 0 N–H and O–H groups in total. The van der Waals surface area contributed by atoms with Gasteiger partial charge in [-0.05, 0) is 38.0 Å². The second-order valence-corrected chi connectivity index (χ2v) is 8.26. The molecule has 148 valence electrons. The van der Waals surface area contributed by atoms with E-state index in [0.717, 1.165) is 32.6 Å². The van der Waals surface area contributed by atoms with Crippen LogP contribution in [0.15, 0.2) is 52.6 Å². The van der Waals surface area contributed by atoms with Crippen molar-refractivity contribution in [2.75, 3.05) is 13.7 Å². The molecule has 0 aliphatic heterocycles. The summed E-state index contributed by atoms with van der Waals surface area (Å²) in [5.74, 6) is 0.692. The van der Waals surface area contributed by atoms with Gasteiger partial charge in [-0.3, -0.25) is 9.36 Å². The zero-order chi connectivity index (χ0) is 20.5. The van der Waals surface area contributed by atoms with Crippen molar-refractivity contribution in [3.05, 3.63) is 74.9 Å². The number of benzene rings is 2. The standard InChI is InChI=1S/C24H24N2O2S/c1-15-6-5-7-18(13-15)22-25-23-21(24(27)26(22)10-11-28-4)20(14-29-23)19-9-8-16(2)12-17(19)3/h5-9,12-14H,10-11H2,1-4H3. The van der Waals surface area contributed by atoms with Gasteiger partial charge < -0.3 is 4.74 Å². The molecule has 2 aromatic heterocycles. The Morgan fingerprint density at radius 3 is 2.55 bits per heavy atom. The summed E-state index contributed by atoms with van der Waals surface area (Å²) < 4.78 is 7.02. The SMILES string of the molecule is COCCn1c(-c2cccc(C)c2)nc2scc(-c3ccc(C)cc3C)c2c1=O. The van der Waals surface area contributed by atoms with E-state index in [9.17, 15) is 4.79 Å². The molecule has 0 fully saturated rings. The van der Waals surface area contributed by atoms with Gasteiger partial charge in [0.15, 0.2) is 0 Å². The Balaban J connectivity index is 1.99. The van der Waals surface area contributed by atoms with Gasteiger partial charge in [0.1, 0.15) is 10.7 Å². The Labute approximate surface area is 174 Å². The number of nitrogens with zero attached hydrogens (tertiary/aromatic N) is 2. The number of rotatable bonds is 5. The molecule has 0 bridgehead atoms. The molecule has 2 heterocycles. The number of aromatic nitrogens is 2. The first kappa shape index (κ1) is 19.6. The van der Waals surface area contributed by atoms with Gasteiger partial charge in [0, 0.05) is 23.6 Å². The first-order valence-electron chi connectivity index (χ1n) is 9.65. The Bertz CT molecular complexity index is 1250.